The van der Waals surface area contributed by atoms with E-state index in [2.05, 4.69) is 84.5 Å². The maximum Gasteiger partial charge on any atom is 0.0297 e. The molecule has 2 heteroatoms. The van der Waals surface area contributed by atoms with Crippen LogP contribution in [0.3, 0.4) is 0 Å². The predicted octanol–water partition coefficient (Wildman–Crippen LogP) is 4.92. The van der Waals surface area contributed by atoms with E-state index in [4.69, 9.17) is 0 Å². The third kappa shape index (κ3) is 3.68. The molecule has 2 aromatic carbocycles. The minimum atomic E-state index is 0.356. The summed E-state index contributed by atoms with van der Waals surface area (Å²) in [6.45, 7) is 7.36. The molecule has 0 aliphatic rings. The zero-order valence-electron chi connectivity index (χ0n) is 11.7. The second kappa shape index (κ2) is 6.36. The lowest BCUT2D eigenvalue weighted by atomic mass is 10.0. The van der Waals surface area contributed by atoms with Gasteiger partial charge >= 0.3 is 0 Å². The molecule has 0 heterocycles. The first-order chi connectivity index (χ1) is 9.08. The van der Waals surface area contributed by atoms with E-state index in [0.717, 1.165) is 6.54 Å². The Bertz CT molecular complexity index is 563. The smallest absolute Gasteiger partial charge is 0.0297 e. The molecular formula is C17H20BrN. The summed E-state index contributed by atoms with van der Waals surface area (Å²) in [4.78, 5) is 0. The van der Waals surface area contributed by atoms with Crippen molar-refractivity contribution >= 4 is 15.9 Å². The molecule has 0 aliphatic heterocycles. The Hall–Kier alpha value is -1.12. The Kier molecular flexibility index (Phi) is 4.78. The lowest BCUT2D eigenvalue weighted by Gasteiger charge is -2.17. The highest BCUT2D eigenvalue weighted by Crippen LogP contribution is 2.21. The SMILES string of the molecule is Cc1ccc(CNC(C)c2ccccc2C)c(Br)c1. The van der Waals surface area contributed by atoms with Gasteiger partial charge in [-0.2, -0.15) is 0 Å². The molecule has 0 saturated carbocycles. The quantitative estimate of drug-likeness (QED) is 0.844. The summed E-state index contributed by atoms with van der Waals surface area (Å²) in [5.41, 5.74) is 5.28. The highest BCUT2D eigenvalue weighted by molar-refractivity contribution is 9.10. The second-order valence-electron chi connectivity index (χ2n) is 5.05. The number of hydrogen-bond acceptors (Lipinski definition) is 1. The highest BCUT2D eigenvalue weighted by Gasteiger charge is 2.08. The van der Waals surface area contributed by atoms with Crippen molar-refractivity contribution in [2.45, 2.75) is 33.4 Å². The molecule has 1 nitrogen and oxygen atoms in total. The first-order valence-corrected chi connectivity index (χ1v) is 7.41. The fraction of sp³-hybridized carbons (Fsp3) is 0.294. The van der Waals surface area contributed by atoms with Crippen LogP contribution in [0.5, 0.6) is 0 Å². The third-order valence-corrected chi connectivity index (χ3v) is 4.20. The van der Waals surface area contributed by atoms with Crippen LogP contribution < -0.4 is 5.32 Å². The molecule has 0 bridgehead atoms. The van der Waals surface area contributed by atoms with Crippen molar-refractivity contribution in [1.82, 2.24) is 5.32 Å². The maximum absolute atomic E-state index is 3.63. The molecule has 0 aliphatic carbocycles. The van der Waals surface area contributed by atoms with Crippen molar-refractivity contribution in [3.8, 4) is 0 Å². The summed E-state index contributed by atoms with van der Waals surface area (Å²) in [7, 11) is 0. The molecule has 2 rings (SSSR count). The summed E-state index contributed by atoms with van der Waals surface area (Å²) >= 11 is 3.63. The normalized spacial score (nSPS) is 12.4. The molecule has 0 radical (unpaired) electrons. The molecule has 1 N–H and O–H groups in total. The minimum Gasteiger partial charge on any atom is -0.306 e. The van der Waals surface area contributed by atoms with Crippen molar-refractivity contribution in [2.75, 3.05) is 0 Å². The van der Waals surface area contributed by atoms with Gasteiger partial charge in [0.1, 0.15) is 0 Å². The van der Waals surface area contributed by atoms with Crippen molar-refractivity contribution in [3.05, 3.63) is 69.2 Å². The molecule has 1 atom stereocenters. The number of rotatable bonds is 4. The monoisotopic (exact) mass is 317 g/mol. The highest BCUT2D eigenvalue weighted by atomic mass is 79.9. The van der Waals surface area contributed by atoms with Gasteiger partial charge in [-0.3, -0.25) is 0 Å². The Morgan fingerprint density at radius 3 is 2.53 bits per heavy atom. The van der Waals surface area contributed by atoms with Crippen LogP contribution in [0.1, 0.15) is 35.2 Å². The predicted molar refractivity (Wildman–Crippen MR) is 85.3 cm³/mol. The summed E-state index contributed by atoms with van der Waals surface area (Å²) in [5, 5.41) is 3.59. The Balaban J connectivity index is 2.04. The average molecular weight is 318 g/mol. The molecule has 0 aromatic heterocycles. The average Bonchev–Trinajstić information content (AvgIpc) is 2.38. The molecule has 100 valence electrons. The Morgan fingerprint density at radius 2 is 1.84 bits per heavy atom. The first-order valence-electron chi connectivity index (χ1n) is 6.62. The van der Waals surface area contributed by atoms with Crippen LogP contribution in [-0.2, 0) is 6.54 Å². The van der Waals surface area contributed by atoms with E-state index in [1.807, 2.05) is 0 Å². The molecule has 2 aromatic rings. The van der Waals surface area contributed by atoms with Crippen molar-refractivity contribution < 1.29 is 0 Å². The lowest BCUT2D eigenvalue weighted by Crippen LogP contribution is -2.19. The molecular weight excluding hydrogens is 298 g/mol. The third-order valence-electron chi connectivity index (χ3n) is 3.46. The van der Waals surface area contributed by atoms with Gasteiger partial charge in [0.05, 0.1) is 0 Å². The van der Waals surface area contributed by atoms with Gasteiger partial charge in [0.2, 0.25) is 0 Å². The Morgan fingerprint density at radius 1 is 1.11 bits per heavy atom. The second-order valence-corrected chi connectivity index (χ2v) is 5.91. The molecule has 0 spiro atoms. The molecule has 1 unspecified atom stereocenters. The van der Waals surface area contributed by atoms with Crippen molar-refractivity contribution in [2.24, 2.45) is 0 Å². The molecule has 19 heavy (non-hydrogen) atoms. The van der Waals surface area contributed by atoms with Gasteiger partial charge in [-0.05, 0) is 49.1 Å². The van der Waals surface area contributed by atoms with Crippen LogP contribution in [0.4, 0.5) is 0 Å². The fourth-order valence-corrected chi connectivity index (χ4v) is 2.87. The zero-order chi connectivity index (χ0) is 13.8. The van der Waals surface area contributed by atoms with E-state index in [-0.39, 0.29) is 0 Å². The fourth-order valence-electron chi connectivity index (χ4n) is 2.24. The van der Waals surface area contributed by atoms with Crippen LogP contribution >= 0.6 is 15.9 Å². The van der Waals surface area contributed by atoms with E-state index in [0.29, 0.717) is 6.04 Å². The number of nitrogens with one attached hydrogen (secondary N) is 1. The Labute approximate surface area is 124 Å². The van der Waals surface area contributed by atoms with Gasteiger partial charge in [0, 0.05) is 17.1 Å². The van der Waals surface area contributed by atoms with Gasteiger partial charge < -0.3 is 5.32 Å². The van der Waals surface area contributed by atoms with Crippen LogP contribution in [0.25, 0.3) is 0 Å². The van der Waals surface area contributed by atoms with Gasteiger partial charge in [0.15, 0.2) is 0 Å². The van der Waals surface area contributed by atoms with E-state index < -0.39 is 0 Å². The van der Waals surface area contributed by atoms with Gasteiger partial charge in [-0.25, -0.2) is 0 Å². The summed E-state index contributed by atoms with van der Waals surface area (Å²) in [6.07, 6.45) is 0. The lowest BCUT2D eigenvalue weighted by molar-refractivity contribution is 0.571. The van der Waals surface area contributed by atoms with Crippen LogP contribution in [0.2, 0.25) is 0 Å². The summed E-state index contributed by atoms with van der Waals surface area (Å²) < 4.78 is 1.18. The number of benzene rings is 2. The summed E-state index contributed by atoms with van der Waals surface area (Å²) in [5.74, 6) is 0. The standard InChI is InChI=1S/C17H20BrN/c1-12-8-9-15(17(18)10-12)11-19-14(3)16-7-5-4-6-13(16)2/h4-10,14,19H,11H2,1-3H3. The number of aryl methyl sites for hydroxylation is 2. The van der Waals surface area contributed by atoms with E-state index in [1.165, 1.54) is 26.7 Å². The topological polar surface area (TPSA) is 12.0 Å². The van der Waals surface area contributed by atoms with Crippen molar-refractivity contribution in [1.29, 1.82) is 0 Å². The maximum atomic E-state index is 3.63. The minimum absolute atomic E-state index is 0.356. The van der Waals surface area contributed by atoms with Crippen LogP contribution in [-0.4, -0.2) is 0 Å². The van der Waals surface area contributed by atoms with Gasteiger partial charge in [-0.15, -0.1) is 0 Å². The van der Waals surface area contributed by atoms with Crippen LogP contribution in [0, 0.1) is 13.8 Å². The number of hydrogen-bond donors (Lipinski definition) is 1. The van der Waals surface area contributed by atoms with E-state index >= 15 is 0 Å². The largest absolute Gasteiger partial charge is 0.306 e. The van der Waals surface area contributed by atoms with Gasteiger partial charge in [-0.1, -0.05) is 52.3 Å². The zero-order valence-corrected chi connectivity index (χ0v) is 13.3. The summed E-state index contributed by atoms with van der Waals surface area (Å²) in [6, 6.07) is 15.4. The van der Waals surface area contributed by atoms with E-state index in [1.54, 1.807) is 0 Å². The van der Waals surface area contributed by atoms with Gasteiger partial charge in [0.25, 0.3) is 0 Å². The van der Waals surface area contributed by atoms with Crippen LogP contribution in [0.15, 0.2) is 46.9 Å². The number of halogens is 1. The molecule has 0 saturated heterocycles. The van der Waals surface area contributed by atoms with E-state index in [9.17, 15) is 0 Å². The van der Waals surface area contributed by atoms with Crippen molar-refractivity contribution in [3.63, 3.8) is 0 Å². The molecule has 0 amide bonds. The molecule has 0 fully saturated rings. The first kappa shape index (κ1) is 14.3.